The number of benzene rings is 2. The Kier molecular flexibility index (Phi) is 5.62. The molecular formula is C20H14ClFN6O2. The average Bonchev–Trinajstić information content (AvgIpc) is 3.28. The van der Waals surface area contributed by atoms with Gasteiger partial charge in [-0.25, -0.2) is 9.37 Å². The highest BCUT2D eigenvalue weighted by atomic mass is 35.5. The summed E-state index contributed by atoms with van der Waals surface area (Å²) in [7, 11) is 0. The summed E-state index contributed by atoms with van der Waals surface area (Å²) in [6.45, 7) is 0.201. The van der Waals surface area contributed by atoms with E-state index in [9.17, 15) is 9.18 Å². The molecule has 2 aromatic heterocycles. The molecule has 0 saturated heterocycles. The third kappa shape index (κ3) is 4.41. The van der Waals surface area contributed by atoms with Gasteiger partial charge in [-0.1, -0.05) is 23.7 Å². The molecule has 0 spiro atoms. The maximum atomic E-state index is 14.3. The highest BCUT2D eigenvalue weighted by molar-refractivity contribution is 6.30. The normalized spacial score (nSPS) is 10.6. The Morgan fingerprint density at radius 1 is 1.17 bits per heavy atom. The van der Waals surface area contributed by atoms with Crippen molar-refractivity contribution in [2.24, 2.45) is 0 Å². The standard InChI is InChI=1S/C20H14ClFN6O2/c21-13-4-1-3-12(9-13)11-24-19(29)16-10-14(6-7-17(16)22)30-20-15(5-2-8-23-20)18-25-27-28-26-18/h1-10H,11H2,(H,24,29)(H,25,26,27,28). The van der Waals surface area contributed by atoms with Crippen LogP contribution in [0.15, 0.2) is 60.8 Å². The molecule has 0 atom stereocenters. The lowest BCUT2D eigenvalue weighted by Gasteiger charge is -2.10. The van der Waals surface area contributed by atoms with Crippen molar-refractivity contribution in [1.29, 1.82) is 0 Å². The number of hydrogen-bond donors (Lipinski definition) is 2. The smallest absolute Gasteiger partial charge is 0.254 e. The third-order valence-corrected chi connectivity index (χ3v) is 4.33. The van der Waals surface area contributed by atoms with E-state index in [1.807, 2.05) is 6.07 Å². The van der Waals surface area contributed by atoms with Gasteiger partial charge in [-0.05, 0) is 53.2 Å². The SMILES string of the molecule is O=C(NCc1cccc(Cl)c1)c1cc(Oc2ncccc2-c2nn[nH]n2)ccc1F. The highest BCUT2D eigenvalue weighted by Crippen LogP contribution is 2.29. The first-order valence-electron chi connectivity index (χ1n) is 8.79. The number of pyridine rings is 1. The molecule has 4 aromatic rings. The van der Waals surface area contributed by atoms with Gasteiger partial charge in [0.05, 0.1) is 11.1 Å². The fourth-order valence-corrected chi connectivity index (χ4v) is 2.91. The van der Waals surface area contributed by atoms with Crippen molar-refractivity contribution in [3.63, 3.8) is 0 Å². The number of aromatic nitrogens is 5. The predicted molar refractivity (Wildman–Crippen MR) is 107 cm³/mol. The van der Waals surface area contributed by atoms with Crippen LogP contribution in [-0.2, 0) is 6.54 Å². The zero-order chi connectivity index (χ0) is 20.9. The van der Waals surface area contributed by atoms with Crippen molar-refractivity contribution in [3.8, 4) is 23.0 Å². The molecule has 0 saturated carbocycles. The van der Waals surface area contributed by atoms with E-state index >= 15 is 0 Å². The van der Waals surface area contributed by atoms with E-state index < -0.39 is 11.7 Å². The van der Waals surface area contributed by atoms with Crippen LogP contribution in [-0.4, -0.2) is 31.5 Å². The minimum Gasteiger partial charge on any atom is -0.438 e. The first kappa shape index (κ1) is 19.5. The Morgan fingerprint density at radius 2 is 2.07 bits per heavy atom. The molecule has 2 aromatic carbocycles. The predicted octanol–water partition coefficient (Wildman–Crippen LogP) is 3.78. The molecule has 0 aliphatic heterocycles. The Balaban J connectivity index is 1.53. The molecule has 0 radical (unpaired) electrons. The number of nitrogens with one attached hydrogen (secondary N) is 2. The number of halogens is 2. The molecule has 8 nitrogen and oxygen atoms in total. The molecule has 1 amide bonds. The van der Waals surface area contributed by atoms with Crippen molar-refractivity contribution in [3.05, 3.63) is 82.8 Å². The molecule has 4 rings (SSSR count). The fraction of sp³-hybridized carbons (Fsp3) is 0.0500. The minimum absolute atomic E-state index is 0.161. The van der Waals surface area contributed by atoms with Crippen LogP contribution in [0.1, 0.15) is 15.9 Å². The lowest BCUT2D eigenvalue weighted by Crippen LogP contribution is -2.23. The van der Waals surface area contributed by atoms with Crippen LogP contribution >= 0.6 is 11.6 Å². The van der Waals surface area contributed by atoms with E-state index in [1.54, 1.807) is 30.3 Å². The van der Waals surface area contributed by atoms with Crippen LogP contribution < -0.4 is 10.1 Å². The second-order valence-corrected chi connectivity index (χ2v) is 6.58. The van der Waals surface area contributed by atoms with Gasteiger partial charge in [0.2, 0.25) is 11.7 Å². The second kappa shape index (κ2) is 8.66. The molecule has 0 aliphatic carbocycles. The van der Waals surface area contributed by atoms with E-state index in [2.05, 4.69) is 30.9 Å². The first-order chi connectivity index (χ1) is 14.6. The van der Waals surface area contributed by atoms with Gasteiger partial charge in [-0.15, -0.1) is 10.2 Å². The zero-order valence-corrected chi connectivity index (χ0v) is 16.1. The van der Waals surface area contributed by atoms with Crippen LogP contribution in [0.5, 0.6) is 11.6 Å². The van der Waals surface area contributed by atoms with Gasteiger partial charge in [0.25, 0.3) is 5.91 Å². The molecule has 30 heavy (non-hydrogen) atoms. The number of carbonyl (C=O) groups excluding carboxylic acids is 1. The quantitative estimate of drug-likeness (QED) is 0.488. The van der Waals surface area contributed by atoms with Gasteiger partial charge in [-0.3, -0.25) is 4.79 Å². The maximum Gasteiger partial charge on any atom is 0.254 e. The summed E-state index contributed by atoms with van der Waals surface area (Å²) in [5, 5.41) is 16.9. The topological polar surface area (TPSA) is 106 Å². The number of rotatable bonds is 6. The number of aromatic amines is 1. The van der Waals surface area contributed by atoms with Gasteiger partial charge < -0.3 is 10.1 Å². The summed E-state index contributed by atoms with van der Waals surface area (Å²) < 4.78 is 20.0. The number of ether oxygens (including phenoxy) is 1. The molecule has 150 valence electrons. The Morgan fingerprint density at radius 3 is 2.87 bits per heavy atom. The minimum atomic E-state index is -0.676. The summed E-state index contributed by atoms with van der Waals surface area (Å²) in [6, 6.07) is 14.3. The van der Waals surface area contributed by atoms with Crippen molar-refractivity contribution < 1.29 is 13.9 Å². The maximum absolute atomic E-state index is 14.3. The van der Waals surface area contributed by atoms with Gasteiger partial charge in [0.15, 0.2) is 0 Å². The lowest BCUT2D eigenvalue weighted by molar-refractivity contribution is 0.0946. The fourth-order valence-electron chi connectivity index (χ4n) is 2.70. The van der Waals surface area contributed by atoms with Gasteiger partial charge >= 0.3 is 0 Å². The van der Waals surface area contributed by atoms with Crippen molar-refractivity contribution >= 4 is 17.5 Å². The number of H-pyrrole nitrogens is 1. The Bertz CT molecular complexity index is 1190. The molecular weight excluding hydrogens is 411 g/mol. The number of hydrogen-bond acceptors (Lipinski definition) is 6. The van der Waals surface area contributed by atoms with Crippen LogP contribution in [0, 0.1) is 5.82 Å². The van der Waals surface area contributed by atoms with Crippen molar-refractivity contribution in [1.82, 2.24) is 30.9 Å². The first-order valence-corrected chi connectivity index (χ1v) is 9.17. The molecule has 10 heteroatoms. The van der Waals surface area contributed by atoms with Gasteiger partial charge in [-0.2, -0.15) is 5.21 Å². The van der Waals surface area contributed by atoms with E-state index in [1.165, 1.54) is 18.3 Å². The van der Waals surface area contributed by atoms with Crippen LogP contribution in [0.2, 0.25) is 5.02 Å². The summed E-state index contributed by atoms with van der Waals surface area (Å²) >= 11 is 5.94. The summed E-state index contributed by atoms with van der Waals surface area (Å²) in [5.74, 6) is -0.550. The van der Waals surface area contributed by atoms with Crippen LogP contribution in [0.4, 0.5) is 4.39 Å². The van der Waals surface area contributed by atoms with Crippen LogP contribution in [0.25, 0.3) is 11.4 Å². The molecule has 0 bridgehead atoms. The van der Waals surface area contributed by atoms with Crippen LogP contribution in [0.3, 0.4) is 0 Å². The molecule has 0 fully saturated rings. The largest absolute Gasteiger partial charge is 0.438 e. The third-order valence-electron chi connectivity index (χ3n) is 4.10. The lowest BCUT2D eigenvalue weighted by atomic mass is 10.1. The van der Waals surface area contributed by atoms with E-state index in [4.69, 9.17) is 16.3 Å². The highest BCUT2D eigenvalue weighted by Gasteiger charge is 2.16. The number of carbonyl (C=O) groups is 1. The number of tetrazole rings is 1. The van der Waals surface area contributed by atoms with Gasteiger partial charge in [0, 0.05) is 17.8 Å². The van der Waals surface area contributed by atoms with E-state index in [-0.39, 0.29) is 23.7 Å². The van der Waals surface area contributed by atoms with Gasteiger partial charge in [0.1, 0.15) is 11.6 Å². The summed E-state index contributed by atoms with van der Waals surface area (Å²) in [6.07, 6.45) is 1.53. The molecule has 2 heterocycles. The molecule has 0 aliphatic rings. The Labute approximate surface area is 175 Å². The molecule has 2 N–H and O–H groups in total. The number of nitrogens with zero attached hydrogens (tertiary/aromatic N) is 4. The molecule has 0 unspecified atom stereocenters. The summed E-state index contributed by atoms with van der Waals surface area (Å²) in [5.41, 5.74) is 1.12. The Hall–Kier alpha value is -3.85. The van der Waals surface area contributed by atoms with E-state index in [0.717, 1.165) is 11.6 Å². The van der Waals surface area contributed by atoms with Crippen molar-refractivity contribution in [2.75, 3.05) is 0 Å². The number of amides is 1. The van der Waals surface area contributed by atoms with Crippen molar-refractivity contribution in [2.45, 2.75) is 6.54 Å². The monoisotopic (exact) mass is 424 g/mol. The zero-order valence-electron chi connectivity index (χ0n) is 15.3. The average molecular weight is 425 g/mol. The summed E-state index contributed by atoms with van der Waals surface area (Å²) in [4.78, 5) is 16.7. The second-order valence-electron chi connectivity index (χ2n) is 6.15. The van der Waals surface area contributed by atoms with E-state index in [0.29, 0.717) is 16.4 Å².